The molecular weight excluding hydrogens is 296 g/mol. The molecule has 0 saturated heterocycles. The zero-order valence-electron chi connectivity index (χ0n) is 10.3. The number of hydrogen-bond donors (Lipinski definition) is 0. The van der Waals surface area contributed by atoms with Crippen molar-refractivity contribution >= 4 is 11.6 Å². The maximum atomic E-state index is 13.3. The monoisotopic (exact) mass is 304 g/mol. The molecule has 106 valence electrons. The van der Waals surface area contributed by atoms with Gasteiger partial charge in [-0.05, 0) is 36.8 Å². The van der Waals surface area contributed by atoms with Crippen molar-refractivity contribution in [1.29, 1.82) is 0 Å². The summed E-state index contributed by atoms with van der Waals surface area (Å²) in [7, 11) is 0. The number of benzene rings is 2. The van der Waals surface area contributed by atoms with Gasteiger partial charge in [-0.25, -0.2) is 4.39 Å². The summed E-state index contributed by atoms with van der Waals surface area (Å²) in [6, 6.07) is 6.87. The Bertz CT molecular complexity index is 638. The van der Waals surface area contributed by atoms with Crippen molar-refractivity contribution in [2.75, 3.05) is 0 Å². The molecule has 0 spiro atoms. The summed E-state index contributed by atoms with van der Waals surface area (Å²) in [5.41, 5.74) is -0.430. The van der Waals surface area contributed by atoms with E-state index in [2.05, 4.69) is 0 Å². The van der Waals surface area contributed by atoms with Crippen LogP contribution in [0, 0.1) is 12.7 Å². The molecule has 0 N–H and O–H groups in total. The van der Waals surface area contributed by atoms with Crippen LogP contribution in [-0.2, 0) is 6.18 Å². The van der Waals surface area contributed by atoms with Crippen LogP contribution in [0.3, 0.4) is 0 Å². The molecule has 0 fully saturated rings. The van der Waals surface area contributed by atoms with E-state index in [0.29, 0.717) is 5.56 Å². The standard InChI is InChI=1S/C14H9ClF4O/c1-8-2-4-10(7-12(8)16)20-13-5-3-9(6-11(13)15)14(17,18)19/h2-7H,1H3. The van der Waals surface area contributed by atoms with Crippen molar-refractivity contribution in [2.45, 2.75) is 13.1 Å². The normalized spacial score (nSPS) is 11.5. The first-order valence-electron chi connectivity index (χ1n) is 5.58. The summed E-state index contributed by atoms with van der Waals surface area (Å²) in [5.74, 6) is -0.275. The maximum absolute atomic E-state index is 13.3. The van der Waals surface area contributed by atoms with Crippen molar-refractivity contribution < 1.29 is 22.3 Å². The number of alkyl halides is 3. The number of ether oxygens (including phenoxy) is 1. The van der Waals surface area contributed by atoms with Crippen LogP contribution in [0.25, 0.3) is 0 Å². The third-order valence-corrected chi connectivity index (χ3v) is 2.93. The Morgan fingerprint density at radius 1 is 1.05 bits per heavy atom. The minimum atomic E-state index is -4.47. The first-order chi connectivity index (χ1) is 9.27. The first-order valence-corrected chi connectivity index (χ1v) is 5.96. The summed E-state index contributed by atoms with van der Waals surface area (Å²) < 4.78 is 56.0. The van der Waals surface area contributed by atoms with Crippen molar-refractivity contribution in [3.8, 4) is 11.5 Å². The predicted molar refractivity (Wildman–Crippen MR) is 67.7 cm³/mol. The fraction of sp³-hybridized carbons (Fsp3) is 0.143. The number of rotatable bonds is 2. The van der Waals surface area contributed by atoms with Crippen molar-refractivity contribution in [3.63, 3.8) is 0 Å². The molecule has 2 aromatic carbocycles. The first kappa shape index (κ1) is 14.7. The van der Waals surface area contributed by atoms with Gasteiger partial charge < -0.3 is 4.74 Å². The van der Waals surface area contributed by atoms with Gasteiger partial charge in [0.15, 0.2) is 0 Å². The zero-order chi connectivity index (χ0) is 14.9. The summed E-state index contributed by atoms with van der Waals surface area (Å²) in [5, 5.41) is -0.194. The Morgan fingerprint density at radius 3 is 2.30 bits per heavy atom. The van der Waals surface area contributed by atoms with Crippen LogP contribution in [0.1, 0.15) is 11.1 Å². The summed E-state index contributed by atoms with van der Waals surface area (Å²) in [6.45, 7) is 1.59. The van der Waals surface area contributed by atoms with Crippen LogP contribution in [-0.4, -0.2) is 0 Å². The lowest BCUT2D eigenvalue weighted by Crippen LogP contribution is -2.04. The SMILES string of the molecule is Cc1ccc(Oc2ccc(C(F)(F)F)cc2Cl)cc1F. The fourth-order valence-electron chi connectivity index (χ4n) is 1.52. The second-order valence-electron chi connectivity index (χ2n) is 4.16. The molecule has 0 heterocycles. The maximum Gasteiger partial charge on any atom is 0.416 e. The molecule has 2 aromatic rings. The molecule has 0 unspecified atom stereocenters. The number of aryl methyl sites for hydroxylation is 1. The van der Waals surface area contributed by atoms with Crippen molar-refractivity contribution in [3.05, 3.63) is 58.4 Å². The molecule has 0 aliphatic heterocycles. The quantitative estimate of drug-likeness (QED) is 0.656. The van der Waals surface area contributed by atoms with Gasteiger partial charge in [0.25, 0.3) is 0 Å². The van der Waals surface area contributed by atoms with Gasteiger partial charge in [0.2, 0.25) is 0 Å². The molecule has 0 aliphatic carbocycles. The van der Waals surface area contributed by atoms with Gasteiger partial charge in [0, 0.05) is 6.07 Å². The lowest BCUT2D eigenvalue weighted by atomic mass is 10.2. The highest BCUT2D eigenvalue weighted by atomic mass is 35.5. The van der Waals surface area contributed by atoms with E-state index in [1.165, 1.54) is 12.1 Å². The topological polar surface area (TPSA) is 9.23 Å². The number of halogens is 5. The fourth-order valence-corrected chi connectivity index (χ4v) is 1.74. The van der Waals surface area contributed by atoms with E-state index < -0.39 is 17.6 Å². The van der Waals surface area contributed by atoms with E-state index in [9.17, 15) is 17.6 Å². The van der Waals surface area contributed by atoms with Gasteiger partial charge in [-0.15, -0.1) is 0 Å². The van der Waals surface area contributed by atoms with Crippen LogP contribution >= 0.6 is 11.6 Å². The second-order valence-corrected chi connectivity index (χ2v) is 4.56. The molecule has 6 heteroatoms. The molecule has 0 saturated carbocycles. The largest absolute Gasteiger partial charge is 0.456 e. The van der Waals surface area contributed by atoms with E-state index >= 15 is 0 Å². The zero-order valence-corrected chi connectivity index (χ0v) is 11.0. The minimum Gasteiger partial charge on any atom is -0.456 e. The van der Waals surface area contributed by atoms with Crippen molar-refractivity contribution in [2.24, 2.45) is 0 Å². The van der Waals surface area contributed by atoms with Crippen LogP contribution in [0.5, 0.6) is 11.5 Å². The van der Waals surface area contributed by atoms with E-state index in [1.54, 1.807) is 6.92 Å². The van der Waals surface area contributed by atoms with Gasteiger partial charge in [0.05, 0.1) is 10.6 Å². The van der Waals surface area contributed by atoms with Crippen molar-refractivity contribution in [1.82, 2.24) is 0 Å². The van der Waals surface area contributed by atoms with Gasteiger partial charge in [0.1, 0.15) is 17.3 Å². The molecule has 0 aromatic heterocycles. The van der Waals surface area contributed by atoms with Crippen LogP contribution in [0.4, 0.5) is 17.6 Å². The Labute approximate surface area is 117 Å². The van der Waals surface area contributed by atoms with Gasteiger partial charge in [-0.1, -0.05) is 17.7 Å². The van der Waals surface area contributed by atoms with Gasteiger partial charge in [-0.2, -0.15) is 13.2 Å². The molecule has 0 amide bonds. The molecule has 0 bridgehead atoms. The average Bonchev–Trinajstić information content (AvgIpc) is 2.35. The highest BCUT2D eigenvalue weighted by Crippen LogP contribution is 2.36. The van der Waals surface area contributed by atoms with Gasteiger partial charge in [-0.3, -0.25) is 0 Å². The summed E-state index contributed by atoms with van der Waals surface area (Å²) >= 11 is 5.74. The smallest absolute Gasteiger partial charge is 0.416 e. The average molecular weight is 305 g/mol. The second kappa shape index (κ2) is 5.32. The van der Waals surface area contributed by atoms with Crippen LogP contribution < -0.4 is 4.74 Å². The molecule has 2 rings (SSSR count). The molecule has 0 radical (unpaired) electrons. The molecule has 20 heavy (non-hydrogen) atoms. The minimum absolute atomic E-state index is 0.0305. The van der Waals surface area contributed by atoms with Crippen LogP contribution in [0.2, 0.25) is 5.02 Å². The molecule has 1 nitrogen and oxygen atoms in total. The Balaban J connectivity index is 2.28. The Kier molecular flexibility index (Phi) is 3.90. The summed E-state index contributed by atoms with van der Waals surface area (Å²) in [6.07, 6.45) is -4.47. The highest BCUT2D eigenvalue weighted by Gasteiger charge is 2.31. The third kappa shape index (κ3) is 3.22. The van der Waals surface area contributed by atoms with E-state index in [1.807, 2.05) is 0 Å². The lowest BCUT2D eigenvalue weighted by Gasteiger charge is -2.11. The van der Waals surface area contributed by atoms with E-state index in [0.717, 1.165) is 24.3 Å². The van der Waals surface area contributed by atoms with E-state index in [-0.39, 0.29) is 16.5 Å². The Morgan fingerprint density at radius 2 is 1.75 bits per heavy atom. The highest BCUT2D eigenvalue weighted by molar-refractivity contribution is 6.32. The third-order valence-electron chi connectivity index (χ3n) is 2.63. The Hall–Kier alpha value is -1.75. The molecule has 0 aliphatic rings. The lowest BCUT2D eigenvalue weighted by molar-refractivity contribution is -0.137. The molecular formula is C14H9ClF4O. The van der Waals surface area contributed by atoms with E-state index in [4.69, 9.17) is 16.3 Å². The molecule has 0 atom stereocenters. The summed E-state index contributed by atoms with van der Waals surface area (Å²) in [4.78, 5) is 0. The van der Waals surface area contributed by atoms with Crippen LogP contribution in [0.15, 0.2) is 36.4 Å². The predicted octanol–water partition coefficient (Wildman–Crippen LogP) is 5.60. The van der Waals surface area contributed by atoms with Gasteiger partial charge >= 0.3 is 6.18 Å². The number of hydrogen-bond acceptors (Lipinski definition) is 1.